The second-order valence-corrected chi connectivity index (χ2v) is 2.59. The van der Waals surface area contributed by atoms with Crippen molar-refractivity contribution in [1.29, 1.82) is 0 Å². The monoisotopic (exact) mass is 160 g/mol. The summed E-state index contributed by atoms with van der Waals surface area (Å²) in [5, 5.41) is 0. The van der Waals surface area contributed by atoms with Gasteiger partial charge in [-0.15, -0.1) is 0 Å². The summed E-state index contributed by atoms with van der Waals surface area (Å²) in [5.41, 5.74) is 1.55. The molecule has 2 nitrogen and oxygen atoms in total. The molecule has 1 heterocycles. The van der Waals surface area contributed by atoms with E-state index in [0.29, 0.717) is 11.3 Å². The molecule has 0 aromatic heterocycles. The molecule has 1 aromatic carbocycles. The van der Waals surface area contributed by atoms with Crippen LogP contribution in [-0.2, 0) is 4.74 Å². The molecule has 0 unspecified atom stereocenters. The zero-order chi connectivity index (χ0) is 8.55. The first kappa shape index (κ1) is 7.10. The highest BCUT2D eigenvalue weighted by molar-refractivity contribution is 6.02. The van der Waals surface area contributed by atoms with Gasteiger partial charge in [-0.25, -0.2) is 4.79 Å². The molecule has 60 valence electrons. The van der Waals surface area contributed by atoms with E-state index in [2.05, 4.69) is 0 Å². The Balaban J connectivity index is 2.65. The van der Waals surface area contributed by atoms with Crippen LogP contribution in [0.1, 0.15) is 22.8 Å². The minimum absolute atomic E-state index is 0.251. The lowest BCUT2D eigenvalue weighted by Gasteiger charge is -1.93. The van der Waals surface area contributed by atoms with Gasteiger partial charge in [0, 0.05) is 5.56 Å². The summed E-state index contributed by atoms with van der Waals surface area (Å²) >= 11 is 0. The molecule has 2 heteroatoms. The normalized spacial score (nSPS) is 17.8. The van der Waals surface area contributed by atoms with Gasteiger partial charge in [0.25, 0.3) is 0 Å². The topological polar surface area (TPSA) is 26.3 Å². The molecule has 0 atom stereocenters. The third-order valence-corrected chi connectivity index (χ3v) is 1.88. The Labute approximate surface area is 70.5 Å². The number of fused-ring (bicyclic) bond motifs is 1. The van der Waals surface area contributed by atoms with Gasteiger partial charge < -0.3 is 4.74 Å². The van der Waals surface area contributed by atoms with Crippen molar-refractivity contribution in [3.8, 4) is 0 Å². The molecule has 0 N–H and O–H groups in total. The maximum Gasteiger partial charge on any atom is 0.344 e. The Hall–Kier alpha value is -1.57. The lowest BCUT2D eigenvalue weighted by atomic mass is 10.1. The molecule has 0 bridgehead atoms. The van der Waals surface area contributed by atoms with Crippen molar-refractivity contribution in [2.75, 3.05) is 0 Å². The lowest BCUT2D eigenvalue weighted by molar-refractivity contribution is 0.0715. The quantitative estimate of drug-likeness (QED) is 0.544. The third-order valence-electron chi connectivity index (χ3n) is 1.88. The zero-order valence-corrected chi connectivity index (χ0v) is 6.70. The summed E-state index contributed by atoms with van der Waals surface area (Å²) in [5.74, 6) is 0.411. The van der Waals surface area contributed by atoms with Crippen LogP contribution in [0.3, 0.4) is 0 Å². The predicted octanol–water partition coefficient (Wildman–Crippen LogP) is 2.22. The lowest BCUT2D eigenvalue weighted by Crippen LogP contribution is -1.91. The van der Waals surface area contributed by atoms with Crippen molar-refractivity contribution < 1.29 is 9.53 Å². The van der Waals surface area contributed by atoms with Gasteiger partial charge in [0.15, 0.2) is 0 Å². The smallest absolute Gasteiger partial charge is 0.344 e. The van der Waals surface area contributed by atoms with Crippen LogP contribution in [0.15, 0.2) is 30.3 Å². The molecular weight excluding hydrogens is 152 g/mol. The van der Waals surface area contributed by atoms with Crippen LogP contribution in [0.4, 0.5) is 0 Å². The molecule has 0 aliphatic carbocycles. The van der Waals surface area contributed by atoms with Gasteiger partial charge in [-0.2, -0.15) is 0 Å². The first-order valence-corrected chi connectivity index (χ1v) is 3.81. The van der Waals surface area contributed by atoms with E-state index in [1.165, 1.54) is 0 Å². The highest BCUT2D eigenvalue weighted by Gasteiger charge is 2.24. The predicted molar refractivity (Wildman–Crippen MR) is 45.5 cm³/mol. The number of rotatable bonds is 0. The minimum atomic E-state index is -0.251. The van der Waals surface area contributed by atoms with Gasteiger partial charge in [-0.1, -0.05) is 18.2 Å². The van der Waals surface area contributed by atoms with Crippen molar-refractivity contribution >= 4 is 11.7 Å². The van der Waals surface area contributed by atoms with Gasteiger partial charge >= 0.3 is 5.97 Å². The number of esters is 1. The largest absolute Gasteiger partial charge is 0.423 e. The Bertz CT molecular complexity index is 364. The molecule has 0 radical (unpaired) electrons. The number of hydrogen-bond donors (Lipinski definition) is 0. The van der Waals surface area contributed by atoms with Gasteiger partial charge in [-0.3, -0.25) is 0 Å². The van der Waals surface area contributed by atoms with Crippen molar-refractivity contribution in [2.24, 2.45) is 0 Å². The Morgan fingerprint density at radius 3 is 2.58 bits per heavy atom. The van der Waals surface area contributed by atoms with Crippen molar-refractivity contribution in [2.45, 2.75) is 6.92 Å². The molecule has 1 aliphatic rings. The van der Waals surface area contributed by atoms with E-state index in [1.54, 1.807) is 12.1 Å². The van der Waals surface area contributed by atoms with Crippen LogP contribution in [0.5, 0.6) is 0 Å². The second-order valence-electron chi connectivity index (χ2n) is 2.59. The van der Waals surface area contributed by atoms with Gasteiger partial charge in [0.1, 0.15) is 5.76 Å². The fourth-order valence-corrected chi connectivity index (χ4v) is 1.30. The van der Waals surface area contributed by atoms with Gasteiger partial charge in [0.2, 0.25) is 0 Å². The molecule has 0 spiro atoms. The first-order valence-electron chi connectivity index (χ1n) is 3.81. The number of ether oxygens (including phenoxy) is 1. The van der Waals surface area contributed by atoms with Gasteiger partial charge in [-0.05, 0) is 19.1 Å². The highest BCUT2D eigenvalue weighted by Crippen LogP contribution is 2.28. The summed E-state index contributed by atoms with van der Waals surface area (Å²) in [6.07, 6.45) is 1.80. The minimum Gasteiger partial charge on any atom is -0.423 e. The molecule has 0 saturated heterocycles. The number of hydrogen-bond acceptors (Lipinski definition) is 2. The van der Waals surface area contributed by atoms with Crippen LogP contribution < -0.4 is 0 Å². The number of carbonyl (C=O) groups is 1. The molecule has 0 saturated carbocycles. The van der Waals surface area contributed by atoms with Crippen molar-refractivity contribution in [3.63, 3.8) is 0 Å². The molecule has 0 amide bonds. The average Bonchev–Trinajstić information content (AvgIpc) is 2.44. The second kappa shape index (κ2) is 2.48. The molecule has 1 aliphatic heterocycles. The Kier molecular flexibility index (Phi) is 1.47. The Morgan fingerprint density at radius 2 is 1.92 bits per heavy atom. The first-order chi connectivity index (χ1) is 5.83. The van der Waals surface area contributed by atoms with Crippen LogP contribution >= 0.6 is 0 Å². The van der Waals surface area contributed by atoms with Crippen molar-refractivity contribution in [3.05, 3.63) is 41.5 Å². The summed E-state index contributed by atoms with van der Waals surface area (Å²) < 4.78 is 5.00. The summed E-state index contributed by atoms with van der Waals surface area (Å²) in [6.45, 7) is 1.85. The summed E-state index contributed by atoms with van der Waals surface area (Å²) in [6, 6.07) is 7.38. The van der Waals surface area contributed by atoms with E-state index < -0.39 is 0 Å². The van der Waals surface area contributed by atoms with Crippen LogP contribution in [0.2, 0.25) is 0 Å². The molecule has 0 fully saturated rings. The molecule has 12 heavy (non-hydrogen) atoms. The van der Waals surface area contributed by atoms with Crippen LogP contribution in [-0.4, -0.2) is 5.97 Å². The van der Waals surface area contributed by atoms with E-state index in [1.807, 2.05) is 25.1 Å². The van der Waals surface area contributed by atoms with E-state index >= 15 is 0 Å². The molecular formula is C10H8O2. The van der Waals surface area contributed by atoms with Gasteiger partial charge in [0.05, 0.1) is 5.56 Å². The number of allylic oxidation sites excluding steroid dienone is 1. The van der Waals surface area contributed by atoms with E-state index in [4.69, 9.17) is 4.74 Å². The van der Waals surface area contributed by atoms with E-state index in [9.17, 15) is 4.79 Å². The average molecular weight is 160 g/mol. The summed E-state index contributed by atoms with van der Waals surface area (Å²) in [7, 11) is 0. The van der Waals surface area contributed by atoms with Crippen molar-refractivity contribution in [1.82, 2.24) is 0 Å². The number of cyclic esters (lactones) is 1. The fraction of sp³-hybridized carbons (Fsp3) is 0.100. The SMILES string of the molecule is C/C=C1\OC(=O)c2ccccc21. The molecule has 2 rings (SSSR count). The van der Waals surface area contributed by atoms with Crippen LogP contribution in [0, 0.1) is 0 Å². The maximum atomic E-state index is 11.2. The van der Waals surface area contributed by atoms with E-state index in [-0.39, 0.29) is 5.97 Å². The maximum absolute atomic E-state index is 11.2. The number of benzene rings is 1. The van der Waals surface area contributed by atoms with E-state index in [0.717, 1.165) is 5.56 Å². The fourth-order valence-electron chi connectivity index (χ4n) is 1.30. The van der Waals surface area contributed by atoms with Crippen LogP contribution in [0.25, 0.3) is 5.76 Å². The highest BCUT2D eigenvalue weighted by atomic mass is 16.5. The standard InChI is InChI=1S/C10H8O2/c1-2-9-7-5-3-4-6-8(7)10(11)12-9/h2-6H,1H3/b9-2-. The Morgan fingerprint density at radius 1 is 1.25 bits per heavy atom. The number of carbonyl (C=O) groups excluding carboxylic acids is 1. The molecule has 1 aromatic rings. The third kappa shape index (κ3) is 0.848. The zero-order valence-electron chi connectivity index (χ0n) is 6.70. The summed E-state index contributed by atoms with van der Waals surface area (Å²) in [4.78, 5) is 11.2.